The molecule has 0 saturated heterocycles. The zero-order valence-electron chi connectivity index (χ0n) is 12.1. The molecule has 1 rings (SSSR count). The van der Waals surface area contributed by atoms with Crippen LogP contribution in [0.25, 0.3) is 0 Å². The molecule has 3 nitrogen and oxygen atoms in total. The van der Waals surface area contributed by atoms with Crippen molar-refractivity contribution in [1.82, 2.24) is 5.32 Å². The van der Waals surface area contributed by atoms with Gasteiger partial charge in [-0.05, 0) is 30.5 Å². The minimum absolute atomic E-state index is 0. The van der Waals surface area contributed by atoms with E-state index < -0.39 is 23.8 Å². The molecule has 0 heterocycles. The van der Waals surface area contributed by atoms with E-state index in [0.717, 1.165) is 12.1 Å². The molecule has 0 bridgehead atoms. The Bertz CT molecular complexity index is 460. The minimum atomic E-state index is -4.36. The average molecular weight is 325 g/mol. The second-order valence-electron chi connectivity index (χ2n) is 5.12. The fraction of sp³-hybridized carbons (Fsp3) is 0.500. The normalized spacial score (nSPS) is 14.3. The lowest BCUT2D eigenvalue weighted by Gasteiger charge is -2.20. The number of amides is 1. The highest BCUT2D eigenvalue weighted by atomic mass is 35.5. The van der Waals surface area contributed by atoms with Gasteiger partial charge in [-0.25, -0.2) is 0 Å². The van der Waals surface area contributed by atoms with Gasteiger partial charge in [-0.15, -0.1) is 12.4 Å². The fourth-order valence-corrected chi connectivity index (χ4v) is 1.66. The van der Waals surface area contributed by atoms with E-state index in [1.165, 1.54) is 12.1 Å². The number of benzene rings is 1. The SMILES string of the molecule is CC(NC(=O)C(N)C(C)C)c1ccc(C(F)(F)F)cc1.Cl. The highest BCUT2D eigenvalue weighted by molar-refractivity contribution is 5.85. The number of carbonyl (C=O) groups excluding carboxylic acids is 1. The quantitative estimate of drug-likeness (QED) is 0.893. The molecule has 1 amide bonds. The van der Waals surface area contributed by atoms with Crippen LogP contribution < -0.4 is 11.1 Å². The Balaban J connectivity index is 0.00000400. The Morgan fingerprint density at radius 1 is 1.14 bits per heavy atom. The molecule has 7 heteroatoms. The Morgan fingerprint density at radius 3 is 2.00 bits per heavy atom. The molecule has 120 valence electrons. The summed E-state index contributed by atoms with van der Waals surface area (Å²) in [4.78, 5) is 11.8. The monoisotopic (exact) mass is 324 g/mol. The number of halogens is 4. The molecule has 0 aliphatic heterocycles. The van der Waals surface area contributed by atoms with Crippen LogP contribution in [0.5, 0.6) is 0 Å². The molecule has 21 heavy (non-hydrogen) atoms. The van der Waals surface area contributed by atoms with Gasteiger partial charge in [0.2, 0.25) is 5.91 Å². The van der Waals surface area contributed by atoms with Gasteiger partial charge in [0.1, 0.15) is 0 Å². The zero-order chi connectivity index (χ0) is 15.5. The van der Waals surface area contributed by atoms with Crippen LogP contribution >= 0.6 is 12.4 Å². The summed E-state index contributed by atoms with van der Waals surface area (Å²) in [7, 11) is 0. The molecule has 0 aromatic heterocycles. The van der Waals surface area contributed by atoms with E-state index in [0.29, 0.717) is 5.56 Å². The van der Waals surface area contributed by atoms with Gasteiger partial charge in [0.25, 0.3) is 0 Å². The number of nitrogens with two attached hydrogens (primary N) is 1. The summed E-state index contributed by atoms with van der Waals surface area (Å²) in [5.74, 6) is -0.317. The summed E-state index contributed by atoms with van der Waals surface area (Å²) in [6, 6.07) is 3.69. The van der Waals surface area contributed by atoms with Crippen molar-refractivity contribution in [2.45, 2.75) is 39.0 Å². The topological polar surface area (TPSA) is 55.1 Å². The van der Waals surface area contributed by atoms with Gasteiger partial charge < -0.3 is 11.1 Å². The Kier molecular flexibility index (Phi) is 7.19. The summed E-state index contributed by atoms with van der Waals surface area (Å²) >= 11 is 0. The van der Waals surface area contributed by atoms with Gasteiger partial charge in [-0.1, -0.05) is 26.0 Å². The Hall–Kier alpha value is -1.27. The smallest absolute Gasteiger partial charge is 0.348 e. The van der Waals surface area contributed by atoms with E-state index in [-0.39, 0.29) is 24.2 Å². The minimum Gasteiger partial charge on any atom is -0.348 e. The fourth-order valence-electron chi connectivity index (χ4n) is 1.66. The molecule has 0 saturated carbocycles. The highest BCUT2D eigenvalue weighted by Gasteiger charge is 2.30. The van der Waals surface area contributed by atoms with Crippen LogP contribution in [0.2, 0.25) is 0 Å². The molecule has 2 atom stereocenters. The van der Waals surface area contributed by atoms with Crippen molar-refractivity contribution in [2.24, 2.45) is 11.7 Å². The van der Waals surface area contributed by atoms with Crippen molar-refractivity contribution < 1.29 is 18.0 Å². The standard InChI is InChI=1S/C14H19F3N2O.ClH/c1-8(2)12(18)13(20)19-9(3)10-4-6-11(7-5-10)14(15,16)17;/h4-9,12H,18H2,1-3H3,(H,19,20);1H. The first-order valence-corrected chi connectivity index (χ1v) is 6.36. The second kappa shape index (κ2) is 7.66. The number of rotatable bonds is 4. The number of hydrogen-bond acceptors (Lipinski definition) is 2. The lowest BCUT2D eigenvalue weighted by Crippen LogP contribution is -2.44. The van der Waals surface area contributed by atoms with Crippen LogP contribution in [0.3, 0.4) is 0 Å². The van der Waals surface area contributed by atoms with Crippen molar-refractivity contribution in [3.8, 4) is 0 Å². The third-order valence-electron chi connectivity index (χ3n) is 3.12. The molecule has 1 aromatic carbocycles. The molecule has 2 unspecified atom stereocenters. The van der Waals surface area contributed by atoms with Crippen molar-refractivity contribution in [2.75, 3.05) is 0 Å². The van der Waals surface area contributed by atoms with Gasteiger partial charge in [-0.2, -0.15) is 13.2 Å². The molecule has 0 spiro atoms. The van der Waals surface area contributed by atoms with Crippen molar-refractivity contribution in [3.63, 3.8) is 0 Å². The van der Waals surface area contributed by atoms with E-state index in [9.17, 15) is 18.0 Å². The Morgan fingerprint density at radius 2 is 1.62 bits per heavy atom. The van der Waals surface area contributed by atoms with E-state index in [2.05, 4.69) is 5.32 Å². The number of alkyl halides is 3. The zero-order valence-corrected chi connectivity index (χ0v) is 12.9. The van der Waals surface area contributed by atoms with Gasteiger partial charge in [-0.3, -0.25) is 4.79 Å². The molecule has 0 aliphatic carbocycles. The summed E-state index contributed by atoms with van der Waals surface area (Å²) in [6.45, 7) is 5.35. The highest BCUT2D eigenvalue weighted by Crippen LogP contribution is 2.29. The number of carbonyl (C=O) groups is 1. The molecular weight excluding hydrogens is 305 g/mol. The summed E-state index contributed by atoms with van der Waals surface area (Å²) < 4.78 is 37.3. The van der Waals surface area contributed by atoms with Crippen LogP contribution in [0, 0.1) is 5.92 Å². The molecule has 0 fully saturated rings. The van der Waals surface area contributed by atoms with Gasteiger partial charge >= 0.3 is 6.18 Å². The van der Waals surface area contributed by atoms with Gasteiger partial charge in [0, 0.05) is 0 Å². The van der Waals surface area contributed by atoms with Crippen molar-refractivity contribution in [3.05, 3.63) is 35.4 Å². The van der Waals surface area contributed by atoms with Gasteiger partial charge in [0.05, 0.1) is 17.6 Å². The van der Waals surface area contributed by atoms with E-state index >= 15 is 0 Å². The van der Waals surface area contributed by atoms with E-state index in [1.807, 2.05) is 13.8 Å². The van der Waals surface area contributed by atoms with Crippen LogP contribution in [-0.2, 0) is 11.0 Å². The molecule has 1 aromatic rings. The van der Waals surface area contributed by atoms with E-state index in [4.69, 9.17) is 5.73 Å². The molecular formula is C14H20ClF3N2O. The first-order valence-electron chi connectivity index (χ1n) is 6.36. The van der Waals surface area contributed by atoms with Crippen molar-refractivity contribution in [1.29, 1.82) is 0 Å². The summed E-state index contributed by atoms with van der Waals surface area (Å²) in [5.41, 5.74) is 5.60. The third-order valence-corrected chi connectivity index (χ3v) is 3.12. The van der Waals surface area contributed by atoms with Gasteiger partial charge in [0.15, 0.2) is 0 Å². The maximum Gasteiger partial charge on any atom is 0.416 e. The first-order chi connectivity index (χ1) is 9.12. The maximum atomic E-state index is 12.4. The largest absolute Gasteiger partial charge is 0.416 e. The predicted octanol–water partition coefficient (Wildman–Crippen LogP) is 3.29. The average Bonchev–Trinajstić information content (AvgIpc) is 2.36. The van der Waals surface area contributed by atoms with Crippen LogP contribution in [0.1, 0.15) is 37.9 Å². The predicted molar refractivity (Wildman–Crippen MR) is 78.1 cm³/mol. The van der Waals surface area contributed by atoms with Crippen LogP contribution in [0.15, 0.2) is 24.3 Å². The first kappa shape index (κ1) is 19.7. The molecule has 0 aliphatic rings. The summed E-state index contributed by atoms with van der Waals surface area (Å²) in [6.07, 6.45) is -4.36. The lowest BCUT2D eigenvalue weighted by molar-refractivity contribution is -0.137. The van der Waals surface area contributed by atoms with Crippen LogP contribution in [-0.4, -0.2) is 11.9 Å². The Labute approximate surface area is 128 Å². The third kappa shape index (κ3) is 5.55. The molecule has 0 radical (unpaired) electrons. The van der Waals surface area contributed by atoms with Crippen LogP contribution in [0.4, 0.5) is 13.2 Å². The lowest BCUT2D eigenvalue weighted by atomic mass is 10.0. The number of nitrogens with one attached hydrogen (secondary N) is 1. The number of hydrogen-bond donors (Lipinski definition) is 2. The maximum absolute atomic E-state index is 12.4. The van der Waals surface area contributed by atoms with Crippen molar-refractivity contribution >= 4 is 18.3 Å². The molecule has 3 N–H and O–H groups in total. The second-order valence-corrected chi connectivity index (χ2v) is 5.12. The van der Waals surface area contributed by atoms with E-state index in [1.54, 1.807) is 6.92 Å². The summed E-state index contributed by atoms with van der Waals surface area (Å²) in [5, 5.41) is 2.69.